The van der Waals surface area contributed by atoms with Crippen molar-refractivity contribution in [1.82, 2.24) is 0 Å². The lowest BCUT2D eigenvalue weighted by Gasteiger charge is -1.67. The van der Waals surface area contributed by atoms with Crippen LogP contribution < -0.4 is 0 Å². The first-order valence-electron chi connectivity index (χ1n) is 2.46. The van der Waals surface area contributed by atoms with Gasteiger partial charge in [-0.3, -0.25) is 0 Å². The van der Waals surface area contributed by atoms with Crippen LogP contribution in [0.25, 0.3) is 0 Å². The largest absolute Gasteiger partial charge is 0.0930 e. The smallest absolute Gasteiger partial charge is 0.00424 e. The molecule has 44 valence electrons. The molecule has 0 aliphatic carbocycles. The van der Waals surface area contributed by atoms with E-state index in [9.17, 15) is 0 Å². The van der Waals surface area contributed by atoms with Crippen LogP contribution in [-0.4, -0.2) is 0 Å². The minimum Gasteiger partial charge on any atom is -0.0930 e. The van der Waals surface area contributed by atoms with E-state index < -0.39 is 0 Å². The third kappa shape index (κ3) is 5.51. The highest BCUT2D eigenvalue weighted by molar-refractivity contribution is 6.25. The normalized spacial score (nSPS) is 12.8. The van der Waals surface area contributed by atoms with Crippen molar-refractivity contribution in [2.45, 2.75) is 6.92 Å². The maximum atomic E-state index is 5.22. The van der Waals surface area contributed by atoms with Gasteiger partial charge in [-0.05, 0) is 6.92 Å². The van der Waals surface area contributed by atoms with Gasteiger partial charge in [0.25, 0.3) is 0 Å². The summed E-state index contributed by atoms with van der Waals surface area (Å²) in [6.45, 7) is 1.97. The van der Waals surface area contributed by atoms with Gasteiger partial charge in [0.15, 0.2) is 0 Å². The van der Waals surface area contributed by atoms with Crippen molar-refractivity contribution in [2.75, 3.05) is 0 Å². The average molecular weight is 129 g/mol. The monoisotopic (exact) mass is 128 g/mol. The fourth-order valence-corrected chi connectivity index (χ4v) is 0.365. The molecule has 0 rings (SSSR count). The summed E-state index contributed by atoms with van der Waals surface area (Å²) in [5.74, 6) is 0. The summed E-state index contributed by atoms with van der Waals surface area (Å²) in [6.07, 6.45) is 9.45. The molecule has 8 heavy (non-hydrogen) atoms. The van der Waals surface area contributed by atoms with Gasteiger partial charge >= 0.3 is 0 Å². The number of hydrogen-bond donors (Lipinski definition) is 0. The van der Waals surface area contributed by atoms with Gasteiger partial charge < -0.3 is 0 Å². The number of rotatable bonds is 2. The summed E-state index contributed by atoms with van der Waals surface area (Å²) in [7, 11) is 0. The molecule has 0 unspecified atom stereocenters. The molecule has 0 bridgehead atoms. The lowest BCUT2D eigenvalue weighted by molar-refractivity contribution is 1.73. The zero-order valence-corrected chi connectivity index (χ0v) is 5.60. The van der Waals surface area contributed by atoms with E-state index in [-0.39, 0.29) is 0 Å². The summed E-state index contributed by atoms with van der Waals surface area (Å²) in [4.78, 5) is 0. The predicted octanol–water partition coefficient (Wildman–Crippen LogP) is 2.87. The molecular formula is C7H9Cl. The Morgan fingerprint density at radius 2 is 1.62 bits per heavy atom. The quantitative estimate of drug-likeness (QED) is 0.502. The molecule has 0 aromatic carbocycles. The van der Waals surface area contributed by atoms with Crippen LogP contribution >= 0.6 is 11.6 Å². The van der Waals surface area contributed by atoms with Gasteiger partial charge in [0, 0.05) is 5.54 Å². The number of allylic oxidation sites excluding steroid dienone is 5. The summed E-state index contributed by atoms with van der Waals surface area (Å²) in [5.41, 5.74) is 1.47. The van der Waals surface area contributed by atoms with E-state index in [1.807, 2.05) is 31.2 Å². The van der Waals surface area contributed by atoms with Gasteiger partial charge in [-0.1, -0.05) is 42.0 Å². The Labute approximate surface area is 55.2 Å². The average Bonchev–Trinajstić information content (AvgIpc) is 1.81. The number of hydrogen-bond acceptors (Lipinski definition) is 0. The minimum absolute atomic E-state index is 1.47. The second kappa shape index (κ2) is 6.51. The van der Waals surface area contributed by atoms with Crippen molar-refractivity contribution in [3.8, 4) is 0 Å². The Bertz CT molecular complexity index is 95.6. The zero-order chi connectivity index (χ0) is 6.24. The molecule has 0 heterocycles. The van der Waals surface area contributed by atoms with E-state index in [0.29, 0.717) is 0 Å². The van der Waals surface area contributed by atoms with Crippen LogP contribution in [0.4, 0.5) is 0 Å². The van der Waals surface area contributed by atoms with Crippen LogP contribution in [0.1, 0.15) is 6.92 Å². The van der Waals surface area contributed by atoms with Gasteiger partial charge in [0.1, 0.15) is 0 Å². The highest BCUT2D eigenvalue weighted by Crippen LogP contribution is 1.81. The Morgan fingerprint density at radius 3 is 2.12 bits per heavy atom. The Morgan fingerprint density at radius 1 is 1.00 bits per heavy atom. The van der Waals surface area contributed by atoms with Crippen molar-refractivity contribution < 1.29 is 0 Å². The van der Waals surface area contributed by atoms with E-state index in [0.717, 1.165) is 0 Å². The highest BCUT2D eigenvalue weighted by Gasteiger charge is 1.56. The van der Waals surface area contributed by atoms with Gasteiger partial charge in [-0.2, -0.15) is 0 Å². The van der Waals surface area contributed by atoms with Crippen molar-refractivity contribution in [3.05, 3.63) is 35.9 Å². The summed E-state index contributed by atoms with van der Waals surface area (Å²) in [5, 5.41) is 0. The molecule has 0 fully saturated rings. The Hall–Kier alpha value is -0.490. The topological polar surface area (TPSA) is 0 Å². The van der Waals surface area contributed by atoms with Crippen molar-refractivity contribution >= 4 is 11.6 Å². The highest BCUT2D eigenvalue weighted by atomic mass is 35.5. The van der Waals surface area contributed by atoms with Crippen molar-refractivity contribution in [2.24, 2.45) is 0 Å². The molecule has 0 spiro atoms. The summed E-state index contributed by atoms with van der Waals surface area (Å²) >= 11 is 5.22. The minimum atomic E-state index is 1.47. The van der Waals surface area contributed by atoms with E-state index in [4.69, 9.17) is 11.6 Å². The fourth-order valence-electron chi connectivity index (χ4n) is 0.281. The van der Waals surface area contributed by atoms with Crippen LogP contribution in [-0.2, 0) is 0 Å². The molecule has 0 atom stereocenters. The van der Waals surface area contributed by atoms with Crippen molar-refractivity contribution in [3.63, 3.8) is 0 Å². The van der Waals surface area contributed by atoms with Crippen LogP contribution in [0.3, 0.4) is 0 Å². The first kappa shape index (κ1) is 7.51. The first-order chi connectivity index (χ1) is 3.91. The van der Waals surface area contributed by atoms with E-state index in [1.165, 1.54) is 5.54 Å². The second-order valence-electron chi connectivity index (χ2n) is 1.23. The molecule has 0 aromatic rings. The second-order valence-corrected chi connectivity index (χ2v) is 1.48. The van der Waals surface area contributed by atoms with E-state index >= 15 is 0 Å². The molecule has 0 saturated carbocycles. The third-order valence-electron chi connectivity index (χ3n) is 0.599. The predicted molar refractivity (Wildman–Crippen MR) is 38.9 cm³/mol. The molecule has 1 heteroatoms. The molecule has 0 N–H and O–H groups in total. The Kier molecular flexibility index (Phi) is 6.11. The first-order valence-corrected chi connectivity index (χ1v) is 2.90. The SMILES string of the molecule is C/C=C/C=C/C=C/Cl. The van der Waals surface area contributed by atoms with E-state index in [2.05, 4.69) is 0 Å². The summed E-state index contributed by atoms with van der Waals surface area (Å²) < 4.78 is 0. The molecule has 0 aromatic heterocycles. The van der Waals surface area contributed by atoms with Gasteiger partial charge in [0.2, 0.25) is 0 Å². The fraction of sp³-hybridized carbons (Fsp3) is 0.143. The van der Waals surface area contributed by atoms with Crippen LogP contribution in [0.2, 0.25) is 0 Å². The van der Waals surface area contributed by atoms with Gasteiger partial charge in [0.05, 0.1) is 0 Å². The maximum absolute atomic E-state index is 5.22. The molecule has 0 radical (unpaired) electrons. The standard InChI is InChI=1S/C7H9Cl/c1-2-3-4-5-6-7-8/h2-7H,1H3/b3-2+,5-4+,7-6+. The number of halogens is 1. The van der Waals surface area contributed by atoms with E-state index in [1.54, 1.807) is 6.08 Å². The third-order valence-corrected chi connectivity index (χ3v) is 0.744. The zero-order valence-electron chi connectivity index (χ0n) is 4.84. The molecule has 0 aliphatic rings. The summed E-state index contributed by atoms with van der Waals surface area (Å²) in [6, 6.07) is 0. The van der Waals surface area contributed by atoms with Crippen LogP contribution in [0.5, 0.6) is 0 Å². The van der Waals surface area contributed by atoms with Gasteiger partial charge in [-0.15, -0.1) is 0 Å². The lowest BCUT2D eigenvalue weighted by Crippen LogP contribution is -1.44. The molecular weight excluding hydrogens is 120 g/mol. The Balaban J connectivity index is 3.35. The molecule has 0 saturated heterocycles. The van der Waals surface area contributed by atoms with Crippen molar-refractivity contribution in [1.29, 1.82) is 0 Å². The molecule has 0 aliphatic heterocycles. The molecule has 0 amide bonds. The van der Waals surface area contributed by atoms with Crippen LogP contribution in [0.15, 0.2) is 35.9 Å². The van der Waals surface area contributed by atoms with Crippen LogP contribution in [0, 0.1) is 0 Å². The lowest BCUT2D eigenvalue weighted by atomic mass is 10.4. The molecule has 0 nitrogen and oxygen atoms in total. The van der Waals surface area contributed by atoms with Gasteiger partial charge in [-0.25, -0.2) is 0 Å². The maximum Gasteiger partial charge on any atom is 0.00424 e.